The van der Waals surface area contributed by atoms with Gasteiger partial charge in [-0.2, -0.15) is 15.4 Å². The number of piperidine rings is 1. The minimum atomic E-state index is -0.574. The number of nitrogens with zero attached hydrogens (tertiary/aromatic N) is 5. The number of carbonyl (C=O) groups is 1. The number of carbonyl (C=O) groups excluding carboxylic acids is 1. The summed E-state index contributed by atoms with van der Waals surface area (Å²) >= 11 is 0. The van der Waals surface area contributed by atoms with E-state index in [0.29, 0.717) is 23.5 Å². The molecule has 0 saturated carbocycles. The molecular weight excluding hydrogens is 366 g/mol. The lowest BCUT2D eigenvalue weighted by Gasteiger charge is -2.34. The van der Waals surface area contributed by atoms with Crippen LogP contribution in [-0.4, -0.2) is 39.8 Å². The molecule has 7 nitrogen and oxygen atoms in total. The van der Waals surface area contributed by atoms with Crippen LogP contribution >= 0.6 is 0 Å². The van der Waals surface area contributed by atoms with Crippen LogP contribution in [0.3, 0.4) is 0 Å². The van der Waals surface area contributed by atoms with Gasteiger partial charge in [-0.15, -0.1) is 0 Å². The second-order valence-electron chi connectivity index (χ2n) is 8.47. The SMILES string of the molecule is Cc1nn(C2CCN(Cc3ccccc3)CC2)c(N(C=O)OC(C)(C)C)c1C#N. The van der Waals surface area contributed by atoms with Crippen molar-refractivity contribution in [2.24, 2.45) is 0 Å². The fourth-order valence-electron chi connectivity index (χ4n) is 3.71. The zero-order chi connectivity index (χ0) is 21.0. The number of hydrogen-bond donors (Lipinski definition) is 0. The minimum Gasteiger partial charge on any atom is -0.299 e. The summed E-state index contributed by atoms with van der Waals surface area (Å²) in [6, 6.07) is 12.8. The smallest absolute Gasteiger partial charge is 0.239 e. The molecule has 3 rings (SSSR count). The molecule has 0 spiro atoms. The van der Waals surface area contributed by atoms with Crippen LogP contribution in [0.25, 0.3) is 0 Å². The standard InChI is InChI=1S/C22H29N5O2/c1-17-20(14-23)21(26(16-28)29-22(2,3)4)27(24-17)19-10-12-25(13-11-19)15-18-8-6-5-7-9-18/h5-9,16,19H,10-13,15H2,1-4H3. The molecule has 1 amide bonds. The first-order valence-electron chi connectivity index (χ1n) is 10.0. The molecule has 1 fully saturated rings. The Morgan fingerprint density at radius 2 is 1.93 bits per heavy atom. The van der Waals surface area contributed by atoms with Crippen LogP contribution in [0.15, 0.2) is 30.3 Å². The van der Waals surface area contributed by atoms with E-state index in [0.717, 1.165) is 37.5 Å². The van der Waals surface area contributed by atoms with Crippen molar-refractivity contribution in [1.82, 2.24) is 14.7 Å². The van der Waals surface area contributed by atoms with E-state index in [1.165, 1.54) is 5.56 Å². The van der Waals surface area contributed by atoms with Crippen molar-refractivity contribution in [2.75, 3.05) is 18.2 Å². The van der Waals surface area contributed by atoms with E-state index >= 15 is 0 Å². The third-order valence-electron chi connectivity index (χ3n) is 5.00. The molecule has 0 atom stereocenters. The fraction of sp³-hybridized carbons (Fsp3) is 0.500. The van der Waals surface area contributed by atoms with E-state index in [4.69, 9.17) is 4.84 Å². The second-order valence-corrected chi connectivity index (χ2v) is 8.47. The maximum atomic E-state index is 11.8. The molecule has 154 valence electrons. The number of aromatic nitrogens is 2. The van der Waals surface area contributed by atoms with Gasteiger partial charge in [0.05, 0.1) is 17.3 Å². The monoisotopic (exact) mass is 395 g/mol. The van der Waals surface area contributed by atoms with Crippen molar-refractivity contribution in [3.63, 3.8) is 0 Å². The van der Waals surface area contributed by atoms with Gasteiger partial charge in [-0.25, -0.2) is 4.68 Å². The molecule has 29 heavy (non-hydrogen) atoms. The summed E-state index contributed by atoms with van der Waals surface area (Å²) in [5.74, 6) is 0.427. The highest BCUT2D eigenvalue weighted by Crippen LogP contribution is 2.32. The quantitative estimate of drug-likeness (QED) is 0.552. The highest BCUT2D eigenvalue weighted by Gasteiger charge is 2.30. The molecule has 2 aromatic rings. The van der Waals surface area contributed by atoms with Gasteiger partial charge < -0.3 is 0 Å². The van der Waals surface area contributed by atoms with Crippen molar-refractivity contribution in [1.29, 1.82) is 5.26 Å². The Kier molecular flexibility index (Phi) is 6.36. The molecule has 0 unspecified atom stereocenters. The average Bonchev–Trinajstić information content (AvgIpc) is 3.03. The van der Waals surface area contributed by atoms with Crippen LogP contribution in [0.5, 0.6) is 0 Å². The zero-order valence-corrected chi connectivity index (χ0v) is 17.6. The lowest BCUT2D eigenvalue weighted by atomic mass is 10.0. The number of likely N-dealkylation sites (tertiary alicyclic amines) is 1. The van der Waals surface area contributed by atoms with Gasteiger partial charge >= 0.3 is 0 Å². The molecule has 0 N–H and O–H groups in total. The molecule has 1 saturated heterocycles. The Morgan fingerprint density at radius 1 is 1.28 bits per heavy atom. The van der Waals surface area contributed by atoms with E-state index in [9.17, 15) is 10.1 Å². The number of benzene rings is 1. The van der Waals surface area contributed by atoms with Crippen molar-refractivity contribution in [3.8, 4) is 6.07 Å². The van der Waals surface area contributed by atoms with E-state index in [2.05, 4.69) is 40.3 Å². The Labute approximate surface area is 172 Å². The normalized spacial score (nSPS) is 15.8. The molecule has 1 aromatic carbocycles. The predicted molar refractivity (Wildman–Crippen MR) is 111 cm³/mol. The van der Waals surface area contributed by atoms with Gasteiger partial charge in [0.15, 0.2) is 5.82 Å². The summed E-state index contributed by atoms with van der Waals surface area (Å²) in [6.07, 6.45) is 2.41. The van der Waals surface area contributed by atoms with Crippen LogP contribution in [0.4, 0.5) is 5.82 Å². The van der Waals surface area contributed by atoms with Crippen molar-refractivity contribution < 1.29 is 9.63 Å². The maximum absolute atomic E-state index is 11.8. The number of amides is 1. The van der Waals surface area contributed by atoms with Crippen LogP contribution in [0.1, 0.15) is 56.5 Å². The number of rotatable bonds is 6. The van der Waals surface area contributed by atoms with Gasteiger partial charge in [0.2, 0.25) is 6.41 Å². The van der Waals surface area contributed by atoms with Gasteiger partial charge in [-0.05, 0) is 46.1 Å². The Balaban J connectivity index is 1.79. The maximum Gasteiger partial charge on any atom is 0.239 e. The molecule has 2 heterocycles. The molecular formula is C22H29N5O2. The average molecular weight is 396 g/mol. The summed E-state index contributed by atoms with van der Waals surface area (Å²) in [5, 5.41) is 15.4. The summed E-state index contributed by atoms with van der Waals surface area (Å²) in [5.41, 5.74) is 1.72. The first kappa shape index (κ1) is 21.0. The molecule has 1 aliphatic heterocycles. The third-order valence-corrected chi connectivity index (χ3v) is 5.00. The molecule has 1 aliphatic rings. The Bertz CT molecular complexity index is 871. The van der Waals surface area contributed by atoms with Crippen LogP contribution in [-0.2, 0) is 16.2 Å². The number of nitriles is 1. The summed E-state index contributed by atoms with van der Waals surface area (Å²) < 4.78 is 1.81. The number of hydrogen-bond acceptors (Lipinski definition) is 5. The van der Waals surface area contributed by atoms with Gasteiger partial charge in [-0.3, -0.25) is 14.5 Å². The van der Waals surface area contributed by atoms with E-state index in [1.54, 1.807) is 6.92 Å². The van der Waals surface area contributed by atoms with Crippen LogP contribution < -0.4 is 5.06 Å². The number of aryl methyl sites for hydroxylation is 1. The van der Waals surface area contributed by atoms with Crippen LogP contribution in [0.2, 0.25) is 0 Å². The van der Waals surface area contributed by atoms with E-state index < -0.39 is 5.60 Å². The van der Waals surface area contributed by atoms with E-state index in [1.807, 2.05) is 31.5 Å². The molecule has 0 aliphatic carbocycles. The van der Waals surface area contributed by atoms with Gasteiger partial charge in [0, 0.05) is 19.6 Å². The third kappa shape index (κ3) is 5.03. The van der Waals surface area contributed by atoms with Crippen molar-refractivity contribution >= 4 is 12.2 Å². The Morgan fingerprint density at radius 3 is 2.48 bits per heavy atom. The molecule has 0 bridgehead atoms. The first-order chi connectivity index (χ1) is 13.8. The highest BCUT2D eigenvalue weighted by atomic mass is 16.7. The van der Waals surface area contributed by atoms with Crippen LogP contribution in [0, 0.1) is 18.3 Å². The van der Waals surface area contributed by atoms with Crippen molar-refractivity contribution in [2.45, 2.75) is 58.7 Å². The second kappa shape index (κ2) is 8.76. The fourth-order valence-corrected chi connectivity index (χ4v) is 3.71. The van der Waals surface area contributed by atoms with Gasteiger partial charge in [0.1, 0.15) is 11.6 Å². The highest BCUT2D eigenvalue weighted by molar-refractivity contribution is 5.74. The predicted octanol–water partition coefficient (Wildman–Crippen LogP) is 3.59. The first-order valence-corrected chi connectivity index (χ1v) is 10.0. The summed E-state index contributed by atoms with van der Waals surface area (Å²) in [6.45, 7) is 10.2. The molecule has 1 aromatic heterocycles. The summed E-state index contributed by atoms with van der Waals surface area (Å²) in [4.78, 5) is 20.0. The molecule has 7 heteroatoms. The van der Waals surface area contributed by atoms with Crippen molar-refractivity contribution in [3.05, 3.63) is 47.2 Å². The van der Waals surface area contributed by atoms with Gasteiger partial charge in [0.25, 0.3) is 0 Å². The lowest BCUT2D eigenvalue weighted by Crippen LogP contribution is -2.38. The summed E-state index contributed by atoms with van der Waals surface area (Å²) in [7, 11) is 0. The van der Waals surface area contributed by atoms with E-state index in [-0.39, 0.29) is 6.04 Å². The number of hydroxylamine groups is 1. The topological polar surface area (TPSA) is 74.4 Å². The minimum absolute atomic E-state index is 0.115. The molecule has 0 radical (unpaired) electrons. The zero-order valence-electron chi connectivity index (χ0n) is 17.6. The lowest BCUT2D eigenvalue weighted by molar-refractivity contribution is -0.120. The number of anilines is 1. The largest absolute Gasteiger partial charge is 0.299 e. The van der Waals surface area contributed by atoms with Gasteiger partial charge in [-0.1, -0.05) is 30.3 Å². The Hall–Kier alpha value is -2.69.